The van der Waals surface area contributed by atoms with Crippen LogP contribution in [0.15, 0.2) is 36.4 Å². The minimum atomic E-state index is -0.424. The number of phenols is 1. The van der Waals surface area contributed by atoms with Crippen LogP contribution in [-0.4, -0.2) is 12.2 Å². The number of halogens is 1. The number of benzene rings is 2. The van der Waals surface area contributed by atoms with Crippen LogP contribution < -0.4 is 4.90 Å². The highest BCUT2D eigenvalue weighted by molar-refractivity contribution is 5.53. The van der Waals surface area contributed by atoms with E-state index in [4.69, 9.17) is 0 Å². The van der Waals surface area contributed by atoms with Gasteiger partial charge in [-0.05, 0) is 50.1 Å². The number of phenolic OH excluding ortho intramolecular Hbond substituents is 1. The van der Waals surface area contributed by atoms with Crippen molar-refractivity contribution in [2.24, 2.45) is 0 Å². The second kappa shape index (κ2) is 5.53. The normalized spacial score (nSPS) is 12.2. The van der Waals surface area contributed by atoms with E-state index in [0.717, 1.165) is 11.8 Å². The zero-order valence-corrected chi connectivity index (χ0v) is 12.3. The van der Waals surface area contributed by atoms with Crippen molar-refractivity contribution >= 4 is 5.69 Å². The SMILES string of the molecule is Cc1cc(C)cc(N(C)C(C)c2ccc(F)cc2O)c1. The Balaban J connectivity index is 2.34. The van der Waals surface area contributed by atoms with Gasteiger partial charge in [-0.2, -0.15) is 0 Å². The zero-order valence-electron chi connectivity index (χ0n) is 12.3. The summed E-state index contributed by atoms with van der Waals surface area (Å²) >= 11 is 0. The van der Waals surface area contributed by atoms with E-state index in [0.29, 0.717) is 5.56 Å². The van der Waals surface area contributed by atoms with Gasteiger partial charge in [0.1, 0.15) is 11.6 Å². The smallest absolute Gasteiger partial charge is 0.126 e. The van der Waals surface area contributed by atoms with Gasteiger partial charge in [-0.3, -0.25) is 0 Å². The van der Waals surface area contributed by atoms with Crippen molar-refractivity contribution in [1.29, 1.82) is 0 Å². The van der Waals surface area contributed by atoms with Crippen molar-refractivity contribution < 1.29 is 9.50 Å². The van der Waals surface area contributed by atoms with Crippen molar-refractivity contribution in [3.8, 4) is 5.75 Å². The summed E-state index contributed by atoms with van der Waals surface area (Å²) in [5, 5.41) is 9.90. The first-order valence-corrected chi connectivity index (χ1v) is 6.68. The Kier molecular flexibility index (Phi) is 3.98. The first-order valence-electron chi connectivity index (χ1n) is 6.68. The summed E-state index contributed by atoms with van der Waals surface area (Å²) in [6.45, 7) is 6.11. The lowest BCUT2D eigenvalue weighted by molar-refractivity contribution is 0.456. The maximum Gasteiger partial charge on any atom is 0.126 e. The van der Waals surface area contributed by atoms with Crippen LogP contribution in [0.3, 0.4) is 0 Å². The molecule has 0 saturated carbocycles. The first-order chi connectivity index (χ1) is 9.38. The van der Waals surface area contributed by atoms with E-state index in [-0.39, 0.29) is 11.8 Å². The molecule has 0 bridgehead atoms. The lowest BCUT2D eigenvalue weighted by Crippen LogP contribution is -2.21. The third-order valence-electron chi connectivity index (χ3n) is 3.64. The van der Waals surface area contributed by atoms with Gasteiger partial charge in [-0.1, -0.05) is 12.1 Å². The molecule has 1 N–H and O–H groups in total. The highest BCUT2D eigenvalue weighted by Crippen LogP contribution is 2.32. The molecule has 0 radical (unpaired) electrons. The van der Waals surface area contributed by atoms with Gasteiger partial charge < -0.3 is 10.0 Å². The van der Waals surface area contributed by atoms with Crippen molar-refractivity contribution in [3.05, 3.63) is 58.9 Å². The topological polar surface area (TPSA) is 23.5 Å². The Morgan fingerprint density at radius 1 is 1.05 bits per heavy atom. The van der Waals surface area contributed by atoms with Crippen LogP contribution in [0.1, 0.15) is 29.7 Å². The molecule has 106 valence electrons. The highest BCUT2D eigenvalue weighted by atomic mass is 19.1. The predicted octanol–water partition coefficient (Wildman–Crippen LogP) is 4.35. The number of hydrogen-bond donors (Lipinski definition) is 1. The lowest BCUT2D eigenvalue weighted by Gasteiger charge is -2.28. The molecule has 20 heavy (non-hydrogen) atoms. The minimum absolute atomic E-state index is 0.00581. The van der Waals surface area contributed by atoms with Crippen LogP contribution in [0, 0.1) is 19.7 Å². The van der Waals surface area contributed by atoms with Gasteiger partial charge in [0.2, 0.25) is 0 Å². The highest BCUT2D eigenvalue weighted by Gasteiger charge is 2.16. The number of nitrogens with zero attached hydrogens (tertiary/aromatic N) is 1. The second-order valence-electron chi connectivity index (χ2n) is 5.34. The molecule has 0 aliphatic carbocycles. The summed E-state index contributed by atoms with van der Waals surface area (Å²) < 4.78 is 13.1. The Labute approximate surface area is 119 Å². The van der Waals surface area contributed by atoms with Crippen LogP contribution in [0.4, 0.5) is 10.1 Å². The third-order valence-corrected chi connectivity index (χ3v) is 3.64. The minimum Gasteiger partial charge on any atom is -0.507 e. The molecule has 3 heteroatoms. The molecular weight excluding hydrogens is 253 g/mol. The average Bonchev–Trinajstić information content (AvgIpc) is 2.36. The molecule has 0 spiro atoms. The van der Waals surface area contributed by atoms with Gasteiger partial charge in [0, 0.05) is 24.4 Å². The van der Waals surface area contributed by atoms with Gasteiger partial charge in [-0.25, -0.2) is 4.39 Å². The molecule has 0 aromatic heterocycles. The van der Waals surface area contributed by atoms with Gasteiger partial charge >= 0.3 is 0 Å². The van der Waals surface area contributed by atoms with E-state index in [1.165, 1.54) is 17.2 Å². The molecule has 2 rings (SSSR count). The number of rotatable bonds is 3. The molecule has 0 amide bonds. The van der Waals surface area contributed by atoms with Crippen LogP contribution in [-0.2, 0) is 0 Å². The van der Waals surface area contributed by atoms with Crippen molar-refractivity contribution in [3.63, 3.8) is 0 Å². The fraction of sp³-hybridized carbons (Fsp3) is 0.294. The summed E-state index contributed by atoms with van der Waals surface area (Å²) in [5.74, 6) is -0.429. The van der Waals surface area contributed by atoms with E-state index in [9.17, 15) is 9.50 Å². The second-order valence-corrected chi connectivity index (χ2v) is 5.34. The molecule has 2 aromatic carbocycles. The summed E-state index contributed by atoms with van der Waals surface area (Å²) in [5.41, 5.74) is 4.19. The lowest BCUT2D eigenvalue weighted by atomic mass is 10.0. The van der Waals surface area contributed by atoms with Gasteiger partial charge in [-0.15, -0.1) is 0 Å². The van der Waals surface area contributed by atoms with Crippen molar-refractivity contribution in [1.82, 2.24) is 0 Å². The van der Waals surface area contributed by atoms with Crippen LogP contribution in [0.2, 0.25) is 0 Å². The van der Waals surface area contributed by atoms with Crippen LogP contribution >= 0.6 is 0 Å². The Morgan fingerprint density at radius 2 is 1.65 bits per heavy atom. The van der Waals surface area contributed by atoms with E-state index >= 15 is 0 Å². The van der Waals surface area contributed by atoms with E-state index < -0.39 is 5.82 Å². The maximum atomic E-state index is 13.1. The summed E-state index contributed by atoms with van der Waals surface area (Å²) in [6.07, 6.45) is 0. The molecule has 0 fully saturated rings. The number of anilines is 1. The molecule has 0 saturated heterocycles. The molecule has 2 nitrogen and oxygen atoms in total. The Morgan fingerprint density at radius 3 is 2.20 bits per heavy atom. The number of hydrogen-bond acceptors (Lipinski definition) is 2. The van der Waals surface area contributed by atoms with Crippen LogP contribution in [0.5, 0.6) is 5.75 Å². The zero-order chi connectivity index (χ0) is 14.9. The maximum absolute atomic E-state index is 13.1. The molecule has 0 aliphatic heterocycles. The van der Waals surface area contributed by atoms with Gasteiger partial charge in [0.25, 0.3) is 0 Å². The average molecular weight is 273 g/mol. The fourth-order valence-electron chi connectivity index (χ4n) is 2.46. The van der Waals surface area contributed by atoms with E-state index in [1.807, 2.05) is 14.0 Å². The molecular formula is C17H20FNO. The Hall–Kier alpha value is -2.03. The quantitative estimate of drug-likeness (QED) is 0.899. The molecule has 2 aromatic rings. The van der Waals surface area contributed by atoms with Gasteiger partial charge in [0.05, 0.1) is 6.04 Å². The molecule has 0 heterocycles. The van der Waals surface area contributed by atoms with E-state index in [2.05, 4.69) is 36.9 Å². The summed E-state index contributed by atoms with van der Waals surface area (Å²) in [6, 6.07) is 10.4. The fourth-order valence-corrected chi connectivity index (χ4v) is 2.46. The molecule has 1 unspecified atom stereocenters. The molecule has 1 atom stereocenters. The monoisotopic (exact) mass is 273 g/mol. The van der Waals surface area contributed by atoms with Gasteiger partial charge in [0.15, 0.2) is 0 Å². The third kappa shape index (κ3) is 2.93. The number of aromatic hydroxyl groups is 1. The standard InChI is InChI=1S/C17H20FNO/c1-11-7-12(2)9-15(8-11)19(4)13(3)16-6-5-14(18)10-17(16)20/h5-10,13,20H,1-4H3. The van der Waals surface area contributed by atoms with Crippen molar-refractivity contribution in [2.45, 2.75) is 26.8 Å². The predicted molar refractivity (Wildman–Crippen MR) is 80.8 cm³/mol. The molecule has 0 aliphatic rings. The largest absolute Gasteiger partial charge is 0.507 e. The van der Waals surface area contributed by atoms with Crippen molar-refractivity contribution in [2.75, 3.05) is 11.9 Å². The summed E-state index contributed by atoms with van der Waals surface area (Å²) in [7, 11) is 1.97. The first kappa shape index (κ1) is 14.4. The summed E-state index contributed by atoms with van der Waals surface area (Å²) in [4.78, 5) is 2.08. The Bertz CT molecular complexity index is 604. The van der Waals surface area contributed by atoms with E-state index in [1.54, 1.807) is 6.07 Å². The number of aryl methyl sites for hydroxylation is 2. The van der Waals surface area contributed by atoms with Crippen LogP contribution in [0.25, 0.3) is 0 Å².